The van der Waals surface area contributed by atoms with E-state index in [2.05, 4.69) is 35.7 Å². The van der Waals surface area contributed by atoms with Crippen molar-refractivity contribution >= 4 is 17.3 Å². The molecule has 0 bridgehead atoms. The van der Waals surface area contributed by atoms with Gasteiger partial charge in [0.1, 0.15) is 17.3 Å². The van der Waals surface area contributed by atoms with Gasteiger partial charge in [-0.1, -0.05) is 61.7 Å². The number of nitrogens with zero attached hydrogens (tertiary/aromatic N) is 1. The number of hydrogen-bond donors (Lipinski definition) is 1. The Morgan fingerprint density at radius 1 is 0.956 bits per heavy atom. The van der Waals surface area contributed by atoms with Crippen LogP contribution in [0.25, 0.3) is 21.9 Å². The van der Waals surface area contributed by atoms with Gasteiger partial charge in [0.05, 0.1) is 12.3 Å². The topological polar surface area (TPSA) is 81.8 Å². The van der Waals surface area contributed by atoms with Gasteiger partial charge in [0, 0.05) is 23.3 Å². The number of carboxylic acid groups (broad SMARTS) is 1. The fraction of sp³-hybridized carbons (Fsp3) is 0.316. The van der Waals surface area contributed by atoms with Crippen LogP contribution in [-0.2, 0) is 17.6 Å². The average molecular weight is 622 g/mol. The summed E-state index contributed by atoms with van der Waals surface area (Å²) in [7, 11) is 0. The van der Waals surface area contributed by atoms with Crippen LogP contribution in [0.5, 0.6) is 11.5 Å². The summed E-state index contributed by atoms with van der Waals surface area (Å²) in [5.41, 5.74) is 3.72. The SMILES string of the molecule is Cc1oc(-c2cccc(-c3cccs3)c2)nc1CCOc1ccc(CC(C)(Oc2ccc(C3CCCCC3)cc2)C(=O)O)cc1. The van der Waals surface area contributed by atoms with E-state index in [4.69, 9.17) is 18.9 Å². The Bertz CT molecular complexity index is 1700. The Labute approximate surface area is 268 Å². The van der Waals surface area contributed by atoms with Gasteiger partial charge in [-0.15, -0.1) is 11.3 Å². The summed E-state index contributed by atoms with van der Waals surface area (Å²) >= 11 is 1.71. The number of hydrogen-bond acceptors (Lipinski definition) is 6. The number of aryl methyl sites for hydroxylation is 1. The van der Waals surface area contributed by atoms with Crippen LogP contribution in [0.4, 0.5) is 0 Å². The van der Waals surface area contributed by atoms with Gasteiger partial charge in [0.15, 0.2) is 0 Å². The molecule has 0 aliphatic heterocycles. The van der Waals surface area contributed by atoms with Crippen LogP contribution in [0, 0.1) is 6.92 Å². The highest BCUT2D eigenvalue weighted by Gasteiger charge is 2.36. The van der Waals surface area contributed by atoms with E-state index in [9.17, 15) is 9.90 Å². The van der Waals surface area contributed by atoms with Crippen molar-refractivity contribution in [2.75, 3.05) is 6.61 Å². The Balaban J connectivity index is 1.03. The molecule has 2 heterocycles. The van der Waals surface area contributed by atoms with E-state index in [0.717, 1.165) is 28.1 Å². The van der Waals surface area contributed by atoms with E-state index < -0.39 is 11.6 Å². The van der Waals surface area contributed by atoms with Crippen molar-refractivity contribution in [1.82, 2.24) is 4.98 Å². The van der Waals surface area contributed by atoms with Crippen molar-refractivity contribution in [3.63, 3.8) is 0 Å². The number of oxazole rings is 1. The molecular formula is C38H39NO5S. The molecule has 1 N–H and O–H groups in total. The molecule has 0 spiro atoms. The van der Waals surface area contributed by atoms with E-state index in [0.29, 0.717) is 36.3 Å². The number of ether oxygens (including phenoxy) is 2. The van der Waals surface area contributed by atoms with Gasteiger partial charge in [-0.3, -0.25) is 0 Å². The van der Waals surface area contributed by atoms with Gasteiger partial charge in [-0.25, -0.2) is 9.78 Å². The molecule has 6 rings (SSSR count). The molecule has 1 aliphatic carbocycles. The quantitative estimate of drug-likeness (QED) is 0.149. The molecule has 1 unspecified atom stereocenters. The molecule has 0 radical (unpaired) electrons. The average Bonchev–Trinajstić information content (AvgIpc) is 3.73. The zero-order chi connectivity index (χ0) is 31.2. The predicted octanol–water partition coefficient (Wildman–Crippen LogP) is 9.51. The van der Waals surface area contributed by atoms with Crippen LogP contribution in [0.2, 0.25) is 0 Å². The lowest BCUT2D eigenvalue weighted by Crippen LogP contribution is -2.43. The Hall–Kier alpha value is -4.36. The highest BCUT2D eigenvalue weighted by atomic mass is 32.1. The van der Waals surface area contributed by atoms with Crippen molar-refractivity contribution in [2.45, 2.75) is 70.3 Å². The van der Waals surface area contributed by atoms with Crippen molar-refractivity contribution in [3.8, 4) is 33.4 Å². The van der Waals surface area contributed by atoms with Crippen LogP contribution in [-0.4, -0.2) is 28.3 Å². The van der Waals surface area contributed by atoms with Crippen molar-refractivity contribution in [1.29, 1.82) is 0 Å². The molecule has 1 atom stereocenters. The summed E-state index contributed by atoms with van der Waals surface area (Å²) in [6, 6.07) is 27.9. The summed E-state index contributed by atoms with van der Waals surface area (Å²) in [5.74, 6) is 2.26. The van der Waals surface area contributed by atoms with Crippen LogP contribution >= 0.6 is 11.3 Å². The van der Waals surface area contributed by atoms with E-state index in [-0.39, 0.29) is 6.42 Å². The van der Waals surface area contributed by atoms with Crippen LogP contribution in [0.3, 0.4) is 0 Å². The second kappa shape index (κ2) is 13.7. The predicted molar refractivity (Wildman–Crippen MR) is 178 cm³/mol. The molecule has 6 nitrogen and oxygen atoms in total. The molecule has 3 aromatic carbocycles. The van der Waals surface area contributed by atoms with E-state index in [1.807, 2.05) is 61.5 Å². The molecule has 45 heavy (non-hydrogen) atoms. The molecule has 1 aliphatic rings. The standard InChI is InChI=1S/C38H39NO5S/c1-26-34(39-36(43-26)31-11-6-10-30(24-31)35-12-7-23-45-35)21-22-42-32-17-13-27(14-18-32)25-38(2,37(40)41)44-33-19-15-29(16-20-33)28-8-4-3-5-9-28/h6-7,10-20,23-24,28H,3-5,8-9,21-22,25H2,1-2H3,(H,40,41). The minimum absolute atomic E-state index is 0.224. The highest BCUT2D eigenvalue weighted by Crippen LogP contribution is 2.34. The van der Waals surface area contributed by atoms with Gasteiger partial charge in [-0.2, -0.15) is 0 Å². The van der Waals surface area contributed by atoms with Gasteiger partial charge >= 0.3 is 5.97 Å². The minimum Gasteiger partial charge on any atom is -0.493 e. The zero-order valence-electron chi connectivity index (χ0n) is 25.8. The lowest BCUT2D eigenvalue weighted by atomic mass is 9.84. The normalized spacial score (nSPS) is 15.0. The number of carboxylic acids is 1. The highest BCUT2D eigenvalue weighted by molar-refractivity contribution is 7.13. The van der Waals surface area contributed by atoms with E-state index >= 15 is 0 Å². The number of rotatable bonds is 12. The molecule has 7 heteroatoms. The van der Waals surface area contributed by atoms with Crippen LogP contribution in [0.15, 0.2) is 94.7 Å². The maximum Gasteiger partial charge on any atom is 0.348 e. The molecular weight excluding hydrogens is 582 g/mol. The lowest BCUT2D eigenvalue weighted by Gasteiger charge is -2.27. The fourth-order valence-corrected chi connectivity index (χ4v) is 6.77. The third-order valence-electron chi connectivity index (χ3n) is 8.63. The molecule has 232 valence electrons. The zero-order valence-corrected chi connectivity index (χ0v) is 26.6. The first-order chi connectivity index (χ1) is 21.9. The number of aliphatic carboxylic acids is 1. The molecule has 1 fully saturated rings. The second-order valence-corrected chi connectivity index (χ2v) is 13.0. The summed E-state index contributed by atoms with van der Waals surface area (Å²) in [6.07, 6.45) is 7.14. The lowest BCUT2D eigenvalue weighted by molar-refractivity contribution is -0.153. The van der Waals surface area contributed by atoms with Crippen LogP contribution < -0.4 is 9.47 Å². The molecule has 0 saturated heterocycles. The summed E-state index contributed by atoms with van der Waals surface area (Å²) < 4.78 is 18.1. The number of thiophene rings is 1. The first-order valence-corrected chi connectivity index (χ1v) is 16.6. The van der Waals surface area contributed by atoms with Gasteiger partial charge < -0.3 is 19.0 Å². The van der Waals surface area contributed by atoms with Crippen LogP contribution in [0.1, 0.15) is 67.5 Å². The Morgan fingerprint density at radius 2 is 1.69 bits per heavy atom. The number of aromatic nitrogens is 1. The number of benzene rings is 3. The molecule has 0 amide bonds. The summed E-state index contributed by atoms with van der Waals surface area (Å²) in [6.45, 7) is 3.99. The number of carbonyl (C=O) groups is 1. The Morgan fingerprint density at radius 3 is 2.40 bits per heavy atom. The first-order valence-electron chi connectivity index (χ1n) is 15.7. The maximum atomic E-state index is 12.3. The smallest absolute Gasteiger partial charge is 0.348 e. The van der Waals surface area contributed by atoms with Crippen molar-refractivity contribution in [2.24, 2.45) is 0 Å². The minimum atomic E-state index is -1.40. The molecule has 5 aromatic rings. The Kier molecular flexibility index (Phi) is 9.36. The molecule has 1 saturated carbocycles. The summed E-state index contributed by atoms with van der Waals surface area (Å²) in [4.78, 5) is 18.3. The largest absolute Gasteiger partial charge is 0.493 e. The third-order valence-corrected chi connectivity index (χ3v) is 9.55. The first kappa shape index (κ1) is 30.7. The van der Waals surface area contributed by atoms with E-state index in [1.165, 1.54) is 42.5 Å². The van der Waals surface area contributed by atoms with Gasteiger partial charge in [0.25, 0.3) is 0 Å². The van der Waals surface area contributed by atoms with Crippen molar-refractivity contribution < 1.29 is 23.8 Å². The molecule has 2 aromatic heterocycles. The second-order valence-electron chi connectivity index (χ2n) is 12.0. The van der Waals surface area contributed by atoms with Gasteiger partial charge in [-0.05, 0) is 97.1 Å². The third kappa shape index (κ3) is 7.48. The van der Waals surface area contributed by atoms with E-state index in [1.54, 1.807) is 18.3 Å². The van der Waals surface area contributed by atoms with Gasteiger partial charge in [0.2, 0.25) is 11.5 Å². The fourth-order valence-electron chi connectivity index (χ4n) is 6.05. The summed E-state index contributed by atoms with van der Waals surface area (Å²) in [5, 5.41) is 12.2. The van der Waals surface area contributed by atoms with Crippen molar-refractivity contribution in [3.05, 3.63) is 113 Å². The monoisotopic (exact) mass is 621 g/mol. The maximum absolute atomic E-state index is 12.3.